The first-order chi connectivity index (χ1) is 10.2. The fraction of sp³-hybridized carbons (Fsp3) is 0.526. The molecular formula is C19H22N2. The summed E-state index contributed by atoms with van der Waals surface area (Å²) in [5.74, 6) is 2.97. The maximum Gasteiger partial charge on any atom is 0.0617 e. The number of aromatic nitrogens is 1. The van der Waals surface area contributed by atoms with Crippen molar-refractivity contribution in [1.29, 1.82) is 0 Å². The summed E-state index contributed by atoms with van der Waals surface area (Å²) in [4.78, 5) is 5.14. The Bertz CT molecular complexity index is 720. The molecule has 4 fully saturated rings. The Balaban J connectivity index is 1.50. The minimum atomic E-state index is 0.299. The summed E-state index contributed by atoms with van der Waals surface area (Å²) in [6, 6.07) is 10.9. The van der Waals surface area contributed by atoms with E-state index in [1.165, 1.54) is 48.7 Å². The molecule has 2 atom stereocenters. The van der Waals surface area contributed by atoms with Crippen LogP contribution in [0.25, 0.3) is 10.9 Å². The summed E-state index contributed by atoms with van der Waals surface area (Å²) >= 11 is 0. The molecule has 1 heterocycles. The number of fused-ring (bicyclic) bond motifs is 1. The summed E-state index contributed by atoms with van der Waals surface area (Å²) < 4.78 is 2.27. The van der Waals surface area contributed by atoms with E-state index in [1.54, 1.807) is 0 Å². The molecule has 2 heteroatoms. The minimum Gasteiger partial charge on any atom is -0.343 e. The first-order valence-corrected chi connectivity index (χ1v) is 8.32. The van der Waals surface area contributed by atoms with Crippen LogP contribution in [0.4, 0.5) is 0 Å². The maximum absolute atomic E-state index is 5.14. The zero-order chi connectivity index (χ0) is 14.0. The molecule has 0 spiro atoms. The molecule has 0 aliphatic heterocycles. The molecule has 4 saturated carbocycles. The normalized spacial score (nSPS) is 37.3. The first kappa shape index (κ1) is 12.0. The largest absolute Gasteiger partial charge is 0.343 e. The van der Waals surface area contributed by atoms with Gasteiger partial charge >= 0.3 is 0 Å². The molecular weight excluding hydrogens is 256 g/mol. The minimum absolute atomic E-state index is 0.299. The van der Waals surface area contributed by atoms with Crippen molar-refractivity contribution in [1.82, 2.24) is 4.57 Å². The topological polar surface area (TPSA) is 17.3 Å². The van der Waals surface area contributed by atoms with Crippen LogP contribution in [0.3, 0.4) is 0 Å². The number of benzene rings is 1. The lowest BCUT2D eigenvalue weighted by molar-refractivity contribution is 0.237. The fourth-order valence-electron chi connectivity index (χ4n) is 5.56. The highest BCUT2D eigenvalue weighted by molar-refractivity contribution is 5.90. The summed E-state index contributed by atoms with van der Waals surface area (Å²) in [7, 11) is 2.15. The maximum atomic E-state index is 5.14. The molecule has 0 saturated heterocycles. The Morgan fingerprint density at radius 2 is 1.90 bits per heavy atom. The van der Waals surface area contributed by atoms with Gasteiger partial charge in [0.1, 0.15) is 0 Å². The highest BCUT2D eigenvalue weighted by Gasteiger charge is 2.55. The highest BCUT2D eigenvalue weighted by Crippen LogP contribution is 2.61. The van der Waals surface area contributed by atoms with Gasteiger partial charge in [0, 0.05) is 24.2 Å². The van der Waals surface area contributed by atoms with E-state index in [9.17, 15) is 0 Å². The first-order valence-electron chi connectivity index (χ1n) is 8.32. The zero-order valence-corrected chi connectivity index (χ0v) is 12.6. The van der Waals surface area contributed by atoms with Crippen molar-refractivity contribution in [3.05, 3.63) is 36.0 Å². The zero-order valence-electron chi connectivity index (χ0n) is 12.6. The van der Waals surface area contributed by atoms with Gasteiger partial charge in [0.05, 0.1) is 11.2 Å². The molecule has 4 aliphatic carbocycles. The lowest BCUT2D eigenvalue weighted by Crippen LogP contribution is -2.32. The van der Waals surface area contributed by atoms with Gasteiger partial charge in [-0.3, -0.25) is 4.99 Å². The van der Waals surface area contributed by atoms with Gasteiger partial charge in [-0.2, -0.15) is 0 Å². The summed E-state index contributed by atoms with van der Waals surface area (Å²) in [5, 5.41) is 1.31. The molecule has 2 unspecified atom stereocenters. The van der Waals surface area contributed by atoms with Gasteiger partial charge in [-0.1, -0.05) is 18.2 Å². The van der Waals surface area contributed by atoms with Crippen molar-refractivity contribution < 1.29 is 0 Å². The number of hydrogen-bond donors (Lipinski definition) is 0. The molecule has 6 rings (SSSR count). The van der Waals surface area contributed by atoms with Crippen LogP contribution < -0.4 is 0 Å². The average molecular weight is 278 g/mol. The Hall–Kier alpha value is -1.57. The number of nitrogens with zero attached hydrogens (tertiary/aromatic N) is 2. The van der Waals surface area contributed by atoms with Crippen molar-refractivity contribution in [2.24, 2.45) is 29.8 Å². The van der Waals surface area contributed by atoms with Gasteiger partial charge in [-0.05, 0) is 62.0 Å². The second-order valence-corrected chi connectivity index (χ2v) is 7.64. The van der Waals surface area contributed by atoms with Crippen LogP contribution in [-0.4, -0.2) is 16.3 Å². The van der Waals surface area contributed by atoms with E-state index in [0.717, 1.165) is 17.8 Å². The van der Waals surface area contributed by atoms with Crippen molar-refractivity contribution in [3.63, 3.8) is 0 Å². The molecule has 0 amide bonds. The van der Waals surface area contributed by atoms with E-state index in [0.29, 0.717) is 5.54 Å². The Morgan fingerprint density at radius 3 is 2.62 bits per heavy atom. The van der Waals surface area contributed by atoms with E-state index in [-0.39, 0.29) is 0 Å². The fourth-order valence-corrected chi connectivity index (χ4v) is 5.56. The van der Waals surface area contributed by atoms with Crippen molar-refractivity contribution in [2.45, 2.75) is 37.6 Å². The number of hydrogen-bond acceptors (Lipinski definition) is 1. The third kappa shape index (κ3) is 1.68. The van der Waals surface area contributed by atoms with Crippen LogP contribution in [0, 0.1) is 17.8 Å². The molecule has 0 N–H and O–H groups in total. The smallest absolute Gasteiger partial charge is 0.0617 e. The second kappa shape index (κ2) is 4.00. The molecule has 2 aromatic rings. The third-order valence-corrected chi connectivity index (χ3v) is 6.35. The summed E-state index contributed by atoms with van der Waals surface area (Å²) in [5.41, 5.74) is 2.84. The summed E-state index contributed by atoms with van der Waals surface area (Å²) in [6.07, 6.45) is 9.21. The third-order valence-electron chi connectivity index (χ3n) is 6.35. The van der Waals surface area contributed by atoms with E-state index < -0.39 is 0 Å². The van der Waals surface area contributed by atoms with Crippen LogP contribution >= 0.6 is 0 Å². The highest BCUT2D eigenvalue weighted by atomic mass is 15.0. The molecule has 21 heavy (non-hydrogen) atoms. The van der Waals surface area contributed by atoms with Crippen LogP contribution in [0.2, 0.25) is 0 Å². The van der Waals surface area contributed by atoms with E-state index in [4.69, 9.17) is 4.99 Å². The number of aryl methyl sites for hydroxylation is 1. The SMILES string of the molecule is Cn1c(/C=N/C23CC4CC(C2)C(C4)C3)cc2ccccc21. The Morgan fingerprint density at radius 1 is 1.14 bits per heavy atom. The second-order valence-electron chi connectivity index (χ2n) is 7.64. The predicted octanol–water partition coefficient (Wildman–Crippen LogP) is 4.18. The van der Waals surface area contributed by atoms with Gasteiger partial charge in [0.25, 0.3) is 0 Å². The average Bonchev–Trinajstić information content (AvgIpc) is 3.04. The quantitative estimate of drug-likeness (QED) is 0.733. The van der Waals surface area contributed by atoms with Gasteiger partial charge < -0.3 is 4.57 Å². The number of rotatable bonds is 2. The molecule has 1 aromatic carbocycles. The van der Waals surface area contributed by atoms with Crippen LogP contribution in [-0.2, 0) is 7.05 Å². The van der Waals surface area contributed by atoms with Gasteiger partial charge in [-0.25, -0.2) is 0 Å². The van der Waals surface area contributed by atoms with Crippen molar-refractivity contribution in [3.8, 4) is 0 Å². The Kier molecular flexibility index (Phi) is 2.29. The van der Waals surface area contributed by atoms with Crippen LogP contribution in [0.5, 0.6) is 0 Å². The molecule has 108 valence electrons. The van der Waals surface area contributed by atoms with Crippen molar-refractivity contribution >= 4 is 17.1 Å². The Labute approximate surface area is 125 Å². The number of aliphatic imine (C=N–C) groups is 1. The number of para-hydroxylation sites is 1. The van der Waals surface area contributed by atoms with Gasteiger partial charge in [-0.15, -0.1) is 0 Å². The molecule has 0 radical (unpaired) electrons. The van der Waals surface area contributed by atoms with Gasteiger partial charge in [0.15, 0.2) is 0 Å². The van der Waals surface area contributed by atoms with Crippen LogP contribution in [0.1, 0.15) is 37.8 Å². The van der Waals surface area contributed by atoms with Crippen LogP contribution in [0.15, 0.2) is 35.3 Å². The lowest BCUT2D eigenvalue weighted by Gasteiger charge is -2.34. The molecule has 2 nitrogen and oxygen atoms in total. The van der Waals surface area contributed by atoms with E-state index in [2.05, 4.69) is 48.2 Å². The lowest BCUT2D eigenvalue weighted by atomic mass is 9.76. The molecule has 4 bridgehead atoms. The standard InChI is InChI=1S/C19H22N2/c1-21-17(8-14-4-2-3-5-18(14)21)12-20-19-9-13-6-15(10-19)16(7-13)11-19/h2-5,8,12-13,15-16H,6-7,9-11H2,1H3/b20-12+. The van der Waals surface area contributed by atoms with E-state index in [1.807, 2.05) is 0 Å². The van der Waals surface area contributed by atoms with E-state index >= 15 is 0 Å². The monoisotopic (exact) mass is 278 g/mol. The molecule has 4 aliphatic rings. The molecule has 1 aromatic heterocycles. The van der Waals surface area contributed by atoms with Gasteiger partial charge in [0.2, 0.25) is 0 Å². The predicted molar refractivity (Wildman–Crippen MR) is 86.8 cm³/mol. The summed E-state index contributed by atoms with van der Waals surface area (Å²) in [6.45, 7) is 0. The van der Waals surface area contributed by atoms with Crippen molar-refractivity contribution in [2.75, 3.05) is 0 Å².